The maximum Gasteiger partial charge on any atom is 0.412 e. The fraction of sp³-hybridized carbons (Fsp3) is 0.500. The molecule has 38 heavy (non-hydrogen) atoms. The lowest BCUT2D eigenvalue weighted by Crippen LogP contribution is -2.14. The van der Waals surface area contributed by atoms with Gasteiger partial charge >= 0.3 is 12.2 Å². The van der Waals surface area contributed by atoms with E-state index in [1.54, 1.807) is 12.1 Å². The van der Waals surface area contributed by atoms with E-state index in [1.807, 2.05) is 0 Å². The number of nitrogens with zero attached hydrogens (tertiary/aromatic N) is 3. The van der Waals surface area contributed by atoms with E-state index < -0.39 is 12.2 Å². The van der Waals surface area contributed by atoms with E-state index in [1.165, 1.54) is 19.6 Å². The van der Waals surface area contributed by atoms with Crippen LogP contribution >= 0.6 is 0 Å². The lowest BCUT2D eigenvalue weighted by atomic mass is 10.2. The first-order chi connectivity index (χ1) is 18.5. The fourth-order valence-corrected chi connectivity index (χ4v) is 3.41. The highest BCUT2D eigenvalue weighted by Gasteiger charge is 2.17. The van der Waals surface area contributed by atoms with Gasteiger partial charge in [-0.15, -0.1) is 0 Å². The molecule has 3 aromatic rings. The predicted octanol–water partition coefficient (Wildman–Crippen LogP) is 6.66. The monoisotopic (exact) mass is 529 g/mol. The van der Waals surface area contributed by atoms with Crippen LogP contribution in [0.25, 0.3) is 23.2 Å². The molecule has 206 valence electrons. The Morgan fingerprint density at radius 3 is 1.63 bits per heavy atom. The van der Waals surface area contributed by atoms with Crippen molar-refractivity contribution in [3.05, 3.63) is 24.7 Å². The van der Waals surface area contributed by atoms with Crippen LogP contribution in [0.5, 0.6) is 5.75 Å². The summed E-state index contributed by atoms with van der Waals surface area (Å²) >= 11 is 0. The van der Waals surface area contributed by atoms with E-state index in [-0.39, 0.29) is 23.4 Å². The summed E-state index contributed by atoms with van der Waals surface area (Å²) in [7, 11) is 1.50. The summed E-state index contributed by atoms with van der Waals surface area (Å²) in [6.45, 7) is 4.90. The van der Waals surface area contributed by atoms with Gasteiger partial charge in [0.05, 0.1) is 20.3 Å². The molecule has 0 atom stereocenters. The van der Waals surface area contributed by atoms with Gasteiger partial charge in [0, 0.05) is 12.1 Å². The van der Waals surface area contributed by atoms with Gasteiger partial charge in [-0.3, -0.25) is 10.6 Å². The lowest BCUT2D eigenvalue weighted by molar-refractivity contribution is 0.158. The van der Waals surface area contributed by atoms with Crippen LogP contribution in [0.2, 0.25) is 0 Å². The standard InChI is InChI=1S/C26H35N5O7/c1-4-6-8-10-12-35-25(32)30-21-16-37-23(28-21)19-14-18(34-3)15-20(27-19)24-29-22(17-38-24)31-26(33)36-13-11-9-7-5-2/h14-17H,4-13H2,1-3H3,(H,30,32)(H,31,33). The maximum absolute atomic E-state index is 12.0. The first-order valence-corrected chi connectivity index (χ1v) is 12.9. The third-order valence-electron chi connectivity index (χ3n) is 5.40. The van der Waals surface area contributed by atoms with Crippen LogP contribution in [0.15, 0.2) is 33.5 Å². The topological polar surface area (TPSA) is 151 Å². The average molecular weight is 530 g/mol. The Kier molecular flexibility index (Phi) is 11.4. The van der Waals surface area contributed by atoms with Crippen molar-refractivity contribution in [1.29, 1.82) is 0 Å². The van der Waals surface area contributed by atoms with Crippen molar-refractivity contribution in [2.24, 2.45) is 0 Å². The second kappa shape index (κ2) is 15.2. The number of anilines is 2. The number of oxazole rings is 2. The van der Waals surface area contributed by atoms with Crippen molar-refractivity contribution in [3.8, 4) is 28.9 Å². The number of pyridine rings is 1. The number of amides is 2. The molecule has 0 unspecified atom stereocenters. The van der Waals surface area contributed by atoms with Crippen molar-refractivity contribution < 1.29 is 32.6 Å². The van der Waals surface area contributed by atoms with Crippen LogP contribution in [-0.4, -0.2) is 47.5 Å². The van der Waals surface area contributed by atoms with E-state index in [0.717, 1.165) is 51.4 Å². The normalized spacial score (nSPS) is 10.7. The molecule has 2 amide bonds. The summed E-state index contributed by atoms with van der Waals surface area (Å²) in [4.78, 5) is 37.0. The highest BCUT2D eigenvalue weighted by molar-refractivity contribution is 5.84. The Bertz CT molecular complexity index is 1080. The van der Waals surface area contributed by atoms with Crippen LogP contribution in [0, 0.1) is 0 Å². The summed E-state index contributed by atoms with van der Waals surface area (Å²) in [6, 6.07) is 3.23. The molecule has 0 aromatic carbocycles. The number of hydrogen-bond acceptors (Lipinski definition) is 10. The first kappa shape index (κ1) is 28.5. The fourth-order valence-electron chi connectivity index (χ4n) is 3.41. The Morgan fingerprint density at radius 2 is 1.21 bits per heavy atom. The van der Waals surface area contributed by atoms with Gasteiger partial charge in [-0.1, -0.05) is 52.4 Å². The molecule has 0 aliphatic carbocycles. The van der Waals surface area contributed by atoms with Crippen molar-refractivity contribution in [2.45, 2.75) is 65.2 Å². The second-order valence-corrected chi connectivity index (χ2v) is 8.50. The summed E-state index contributed by atoms with van der Waals surface area (Å²) in [5.41, 5.74) is 0.638. The van der Waals surface area contributed by atoms with Crippen LogP contribution < -0.4 is 15.4 Å². The van der Waals surface area contributed by atoms with E-state index >= 15 is 0 Å². The Labute approximate surface area is 221 Å². The lowest BCUT2D eigenvalue weighted by Gasteiger charge is -2.05. The zero-order chi connectivity index (χ0) is 27.2. The molecule has 0 saturated carbocycles. The summed E-state index contributed by atoms with van der Waals surface area (Å²) in [6.07, 6.45) is 9.39. The average Bonchev–Trinajstić information content (AvgIpc) is 3.58. The van der Waals surface area contributed by atoms with Crippen LogP contribution in [0.1, 0.15) is 65.2 Å². The smallest absolute Gasteiger partial charge is 0.412 e. The minimum atomic E-state index is -0.611. The van der Waals surface area contributed by atoms with Crippen molar-refractivity contribution in [2.75, 3.05) is 31.0 Å². The molecule has 3 rings (SSSR count). The molecule has 0 radical (unpaired) electrons. The number of aromatic nitrogens is 3. The third kappa shape index (κ3) is 9.09. The number of carbonyl (C=O) groups is 2. The third-order valence-corrected chi connectivity index (χ3v) is 5.40. The minimum absolute atomic E-state index is 0.139. The maximum atomic E-state index is 12.0. The quantitative estimate of drug-likeness (QED) is 0.204. The predicted molar refractivity (Wildman–Crippen MR) is 140 cm³/mol. The summed E-state index contributed by atoms with van der Waals surface area (Å²) in [5.74, 6) is 1.09. The van der Waals surface area contributed by atoms with Crippen molar-refractivity contribution in [1.82, 2.24) is 15.0 Å². The number of unbranched alkanes of at least 4 members (excludes halogenated alkanes) is 6. The number of carbonyl (C=O) groups excluding carboxylic acids is 2. The number of ether oxygens (including phenoxy) is 3. The highest BCUT2D eigenvalue weighted by Crippen LogP contribution is 2.29. The Hall–Kier alpha value is -4.09. The molecule has 0 fully saturated rings. The molecule has 0 aliphatic heterocycles. The van der Waals surface area contributed by atoms with Crippen LogP contribution in [0.4, 0.5) is 21.2 Å². The molecule has 0 saturated heterocycles. The molecule has 0 spiro atoms. The molecule has 12 nitrogen and oxygen atoms in total. The largest absolute Gasteiger partial charge is 0.497 e. The van der Waals surface area contributed by atoms with E-state index in [9.17, 15) is 9.59 Å². The van der Waals surface area contributed by atoms with Gasteiger partial charge in [0.2, 0.25) is 11.8 Å². The summed E-state index contributed by atoms with van der Waals surface area (Å²) in [5, 5.41) is 5.07. The minimum Gasteiger partial charge on any atom is -0.497 e. The molecule has 3 heterocycles. The number of nitrogens with one attached hydrogen (secondary N) is 2. The molecule has 2 N–H and O–H groups in total. The molecular formula is C26H35N5O7. The van der Waals surface area contributed by atoms with Gasteiger partial charge in [0.25, 0.3) is 0 Å². The molecular weight excluding hydrogens is 494 g/mol. The highest BCUT2D eigenvalue weighted by atomic mass is 16.6. The van der Waals surface area contributed by atoms with Gasteiger partial charge in [0.1, 0.15) is 29.7 Å². The van der Waals surface area contributed by atoms with E-state index in [0.29, 0.717) is 30.4 Å². The number of methoxy groups -OCH3 is 1. The van der Waals surface area contributed by atoms with E-state index in [4.69, 9.17) is 23.0 Å². The zero-order valence-corrected chi connectivity index (χ0v) is 22.1. The summed E-state index contributed by atoms with van der Waals surface area (Å²) < 4.78 is 26.7. The molecule has 0 bridgehead atoms. The second-order valence-electron chi connectivity index (χ2n) is 8.50. The molecule has 3 aromatic heterocycles. The van der Waals surface area contributed by atoms with Crippen LogP contribution in [0.3, 0.4) is 0 Å². The Balaban J connectivity index is 1.61. The van der Waals surface area contributed by atoms with Gasteiger partial charge in [-0.25, -0.2) is 14.6 Å². The Morgan fingerprint density at radius 1 is 0.737 bits per heavy atom. The van der Waals surface area contributed by atoms with Crippen molar-refractivity contribution in [3.63, 3.8) is 0 Å². The SMILES string of the molecule is CCCCCCOC(=O)Nc1coc(-c2cc(OC)cc(-c3nc(NC(=O)OCCCCCC)co3)n2)n1. The number of hydrogen-bond donors (Lipinski definition) is 2. The molecule has 12 heteroatoms. The van der Waals surface area contributed by atoms with Gasteiger partial charge in [0.15, 0.2) is 11.6 Å². The van der Waals surface area contributed by atoms with Gasteiger partial charge in [-0.2, -0.15) is 9.97 Å². The van der Waals surface area contributed by atoms with Crippen molar-refractivity contribution >= 4 is 23.8 Å². The zero-order valence-electron chi connectivity index (χ0n) is 22.1. The van der Waals surface area contributed by atoms with Crippen LogP contribution in [-0.2, 0) is 9.47 Å². The molecule has 0 aliphatic rings. The number of rotatable bonds is 15. The van der Waals surface area contributed by atoms with Gasteiger partial charge < -0.3 is 23.0 Å². The van der Waals surface area contributed by atoms with E-state index in [2.05, 4.69) is 39.4 Å². The first-order valence-electron chi connectivity index (χ1n) is 12.9. The van der Waals surface area contributed by atoms with Gasteiger partial charge in [-0.05, 0) is 12.8 Å².